The molecule has 1 fully saturated rings. The number of hydrogen-bond acceptors (Lipinski definition) is 5. The van der Waals surface area contributed by atoms with Crippen LogP contribution in [-0.2, 0) is 19.1 Å². The molecule has 8 heteroatoms. The summed E-state index contributed by atoms with van der Waals surface area (Å²) in [6, 6.07) is 9.70. The normalized spacial score (nSPS) is 19.4. The van der Waals surface area contributed by atoms with Crippen molar-refractivity contribution < 1.29 is 23.9 Å². The van der Waals surface area contributed by atoms with Crippen molar-refractivity contribution in [3.8, 4) is 0 Å². The molecular weight excluding hydrogens is 488 g/mol. The molecule has 3 amide bonds. The van der Waals surface area contributed by atoms with Crippen LogP contribution >= 0.6 is 15.9 Å². The third-order valence-corrected chi connectivity index (χ3v) is 7.17. The lowest BCUT2D eigenvalue weighted by Gasteiger charge is -2.15. The number of nitrogens with one attached hydrogen (secondary N) is 1. The number of carbonyl (C=O) groups excluding carboxylic acids is 4. The minimum atomic E-state index is -0.670. The molecule has 0 spiro atoms. The van der Waals surface area contributed by atoms with Gasteiger partial charge in [0.15, 0.2) is 6.61 Å². The summed E-state index contributed by atoms with van der Waals surface area (Å²) in [6.45, 7) is 3.41. The Hall–Kier alpha value is -3.26. The summed E-state index contributed by atoms with van der Waals surface area (Å²) in [4.78, 5) is 51.1. The second kappa shape index (κ2) is 9.31. The first-order valence-electron chi connectivity index (χ1n) is 10.6. The average Bonchev–Trinajstić information content (AvgIpc) is 3.06. The van der Waals surface area contributed by atoms with Gasteiger partial charge in [-0.2, -0.15) is 0 Å². The van der Waals surface area contributed by atoms with E-state index in [1.807, 2.05) is 38.1 Å². The molecule has 2 aromatic rings. The molecule has 0 radical (unpaired) electrons. The maximum absolute atomic E-state index is 12.7. The molecule has 1 aliphatic carbocycles. The van der Waals surface area contributed by atoms with Gasteiger partial charge in [-0.1, -0.05) is 28.1 Å². The fourth-order valence-electron chi connectivity index (χ4n) is 4.23. The van der Waals surface area contributed by atoms with E-state index in [4.69, 9.17) is 4.74 Å². The van der Waals surface area contributed by atoms with Gasteiger partial charge in [-0.15, -0.1) is 0 Å². The number of halogens is 1. The highest BCUT2D eigenvalue weighted by atomic mass is 79.9. The van der Waals surface area contributed by atoms with E-state index < -0.39 is 18.5 Å². The van der Waals surface area contributed by atoms with E-state index in [1.165, 1.54) is 17.0 Å². The molecule has 2 atom stereocenters. The van der Waals surface area contributed by atoms with Crippen LogP contribution in [0.4, 0.5) is 11.4 Å². The minimum Gasteiger partial charge on any atom is -0.452 e. The lowest BCUT2D eigenvalue weighted by atomic mass is 9.85. The van der Waals surface area contributed by atoms with E-state index in [1.54, 1.807) is 12.1 Å². The van der Waals surface area contributed by atoms with E-state index in [0.29, 0.717) is 24.2 Å². The Labute approximate surface area is 199 Å². The second-order valence-corrected chi connectivity index (χ2v) is 9.06. The number of rotatable bonds is 5. The highest BCUT2D eigenvalue weighted by Crippen LogP contribution is 2.37. The predicted octanol–water partition coefficient (Wildman–Crippen LogP) is 4.32. The maximum atomic E-state index is 12.7. The number of allylic oxidation sites excluding steroid dienone is 2. The summed E-state index contributed by atoms with van der Waals surface area (Å²) in [5, 5.41) is 2.71. The van der Waals surface area contributed by atoms with Crippen LogP contribution in [0.15, 0.2) is 53.0 Å². The van der Waals surface area contributed by atoms with E-state index in [0.717, 1.165) is 15.6 Å². The predicted molar refractivity (Wildman–Crippen MR) is 127 cm³/mol. The molecule has 1 N–H and O–H groups in total. The lowest BCUT2D eigenvalue weighted by Crippen LogP contribution is -2.30. The Balaban J connectivity index is 1.35. The first-order valence-corrected chi connectivity index (χ1v) is 11.4. The molecule has 170 valence electrons. The van der Waals surface area contributed by atoms with Crippen molar-refractivity contribution in [2.45, 2.75) is 26.7 Å². The number of anilines is 2. The van der Waals surface area contributed by atoms with Crippen LogP contribution in [0, 0.1) is 25.7 Å². The van der Waals surface area contributed by atoms with Crippen LogP contribution in [0.5, 0.6) is 0 Å². The van der Waals surface area contributed by atoms with Gasteiger partial charge >= 0.3 is 5.97 Å². The Bertz CT molecular complexity index is 1120. The first kappa shape index (κ1) is 22.9. The SMILES string of the molecule is Cc1cc(NC(=O)COC(=O)c2ccc(N3C(=O)[C@H]4CC=CC[C@@H]4C3=O)cc2)cc(C)c1Br. The van der Waals surface area contributed by atoms with Gasteiger partial charge in [-0.05, 0) is 74.2 Å². The summed E-state index contributed by atoms with van der Waals surface area (Å²) in [5.74, 6) is -2.17. The van der Waals surface area contributed by atoms with Crippen molar-refractivity contribution in [3.63, 3.8) is 0 Å². The van der Waals surface area contributed by atoms with E-state index >= 15 is 0 Å². The largest absolute Gasteiger partial charge is 0.452 e. The number of benzene rings is 2. The molecule has 1 aliphatic heterocycles. The fraction of sp³-hybridized carbons (Fsp3) is 0.280. The minimum absolute atomic E-state index is 0.209. The quantitative estimate of drug-likeness (QED) is 0.367. The smallest absolute Gasteiger partial charge is 0.338 e. The number of hydrogen-bond donors (Lipinski definition) is 1. The average molecular weight is 511 g/mol. The summed E-state index contributed by atoms with van der Waals surface area (Å²) in [7, 11) is 0. The Morgan fingerprint density at radius 1 is 1.00 bits per heavy atom. The standard InChI is InChI=1S/C25H23BrN2O5/c1-14-11-17(12-15(2)22(14)26)27-21(29)13-33-25(32)16-7-9-18(10-8-16)28-23(30)19-5-3-4-6-20(19)24(28)31/h3-4,7-12,19-20H,5-6,13H2,1-2H3,(H,27,29)/t19-,20-/m0/s1. The lowest BCUT2D eigenvalue weighted by molar-refractivity contribution is -0.122. The van der Waals surface area contributed by atoms with E-state index in [9.17, 15) is 19.2 Å². The molecule has 4 rings (SSSR count). The number of carbonyl (C=O) groups is 4. The zero-order valence-electron chi connectivity index (χ0n) is 18.3. The van der Waals surface area contributed by atoms with Gasteiger partial charge in [0.25, 0.3) is 5.91 Å². The van der Waals surface area contributed by atoms with Gasteiger partial charge in [0.1, 0.15) is 0 Å². The van der Waals surface area contributed by atoms with E-state index in [2.05, 4.69) is 21.2 Å². The summed E-state index contributed by atoms with van der Waals surface area (Å²) < 4.78 is 6.09. The van der Waals surface area contributed by atoms with Crippen LogP contribution in [0.25, 0.3) is 0 Å². The third-order valence-electron chi connectivity index (χ3n) is 5.92. The molecule has 33 heavy (non-hydrogen) atoms. The van der Waals surface area contributed by atoms with Crippen molar-refractivity contribution >= 4 is 51.0 Å². The van der Waals surface area contributed by atoms with Crippen LogP contribution in [0.2, 0.25) is 0 Å². The number of ether oxygens (including phenoxy) is 1. The van der Waals surface area contributed by atoms with Crippen LogP contribution in [-0.4, -0.2) is 30.3 Å². The number of nitrogens with zero attached hydrogens (tertiary/aromatic N) is 1. The van der Waals surface area contributed by atoms with Gasteiger partial charge in [0, 0.05) is 10.2 Å². The number of amides is 3. The molecular formula is C25H23BrN2O5. The summed E-state index contributed by atoms with van der Waals surface area (Å²) in [6.07, 6.45) is 5.00. The van der Waals surface area contributed by atoms with Crippen molar-refractivity contribution in [2.24, 2.45) is 11.8 Å². The second-order valence-electron chi connectivity index (χ2n) is 8.26. The number of imide groups is 1. The van der Waals surface area contributed by atoms with Gasteiger partial charge in [-0.3, -0.25) is 19.3 Å². The third kappa shape index (κ3) is 4.61. The topological polar surface area (TPSA) is 92.8 Å². The van der Waals surface area contributed by atoms with Gasteiger partial charge in [0.05, 0.1) is 23.1 Å². The molecule has 0 aromatic heterocycles. The molecule has 2 aromatic carbocycles. The molecule has 2 aliphatic rings. The Morgan fingerprint density at radius 3 is 2.09 bits per heavy atom. The first-order chi connectivity index (χ1) is 15.8. The molecule has 7 nitrogen and oxygen atoms in total. The summed E-state index contributed by atoms with van der Waals surface area (Å²) >= 11 is 3.48. The highest BCUT2D eigenvalue weighted by molar-refractivity contribution is 9.10. The molecule has 0 saturated carbocycles. The zero-order valence-corrected chi connectivity index (χ0v) is 19.8. The van der Waals surface area contributed by atoms with Crippen molar-refractivity contribution in [1.82, 2.24) is 0 Å². The highest BCUT2D eigenvalue weighted by Gasteiger charge is 2.47. The molecule has 0 bridgehead atoms. The number of esters is 1. The zero-order chi connectivity index (χ0) is 23.7. The van der Waals surface area contributed by atoms with Crippen LogP contribution in [0.3, 0.4) is 0 Å². The van der Waals surface area contributed by atoms with Gasteiger partial charge < -0.3 is 10.1 Å². The van der Waals surface area contributed by atoms with Crippen molar-refractivity contribution in [3.05, 3.63) is 69.7 Å². The number of aryl methyl sites for hydroxylation is 2. The van der Waals surface area contributed by atoms with Gasteiger partial charge in [0.2, 0.25) is 11.8 Å². The fourth-order valence-corrected chi connectivity index (χ4v) is 4.46. The van der Waals surface area contributed by atoms with Crippen LogP contribution in [0.1, 0.15) is 34.3 Å². The molecule has 1 heterocycles. The Morgan fingerprint density at radius 2 is 1.55 bits per heavy atom. The van der Waals surface area contributed by atoms with Crippen LogP contribution < -0.4 is 10.2 Å². The van der Waals surface area contributed by atoms with Crippen molar-refractivity contribution in [2.75, 3.05) is 16.8 Å². The van der Waals surface area contributed by atoms with E-state index in [-0.39, 0.29) is 29.2 Å². The number of fused-ring (bicyclic) bond motifs is 1. The summed E-state index contributed by atoms with van der Waals surface area (Å²) in [5.41, 5.74) is 3.23. The molecule has 0 unspecified atom stereocenters. The van der Waals surface area contributed by atoms with Gasteiger partial charge in [-0.25, -0.2) is 4.79 Å². The maximum Gasteiger partial charge on any atom is 0.338 e. The van der Waals surface area contributed by atoms with Crippen molar-refractivity contribution in [1.29, 1.82) is 0 Å². The molecule has 1 saturated heterocycles. The monoisotopic (exact) mass is 510 g/mol. The Kier molecular flexibility index (Phi) is 6.47.